The average Bonchev–Trinajstić information content (AvgIpc) is 3.10. The quantitative estimate of drug-likeness (QED) is 0.899. The topological polar surface area (TPSA) is 58.0 Å². The van der Waals surface area contributed by atoms with E-state index < -0.39 is 0 Å². The molecule has 0 bridgehead atoms. The van der Waals surface area contributed by atoms with Gasteiger partial charge in [0.1, 0.15) is 5.76 Å². The van der Waals surface area contributed by atoms with E-state index in [1.54, 1.807) is 6.26 Å². The summed E-state index contributed by atoms with van der Waals surface area (Å²) in [5.74, 6) is 0.839. The van der Waals surface area contributed by atoms with Crippen LogP contribution in [-0.2, 0) is 4.74 Å². The maximum absolute atomic E-state index is 12.7. The molecule has 0 unspecified atom stereocenters. The first-order valence-electron chi connectivity index (χ1n) is 9.17. The van der Waals surface area contributed by atoms with Crippen LogP contribution in [0.25, 0.3) is 0 Å². The molecule has 3 heterocycles. The number of morpholine rings is 1. The number of nitrogens with one attached hydrogen (secondary N) is 1. The van der Waals surface area contributed by atoms with Crippen molar-refractivity contribution in [3.63, 3.8) is 0 Å². The Balaban J connectivity index is 1.32. The van der Waals surface area contributed by atoms with Gasteiger partial charge in [-0.15, -0.1) is 0 Å². The Morgan fingerprint density at radius 1 is 1.46 bits per heavy atom. The third-order valence-electron chi connectivity index (χ3n) is 5.49. The summed E-state index contributed by atoms with van der Waals surface area (Å²) in [6.07, 6.45) is 6.43. The minimum absolute atomic E-state index is 0.00598. The Kier molecular flexibility index (Phi) is 4.50. The van der Waals surface area contributed by atoms with Gasteiger partial charge in [0.25, 0.3) is 0 Å². The number of hydrogen-bond donors (Lipinski definition) is 1. The summed E-state index contributed by atoms with van der Waals surface area (Å²) in [6.45, 7) is 5.51. The zero-order valence-electron chi connectivity index (χ0n) is 14.3. The summed E-state index contributed by atoms with van der Waals surface area (Å²) < 4.78 is 11.4. The van der Waals surface area contributed by atoms with Gasteiger partial charge < -0.3 is 19.4 Å². The van der Waals surface area contributed by atoms with E-state index in [0.29, 0.717) is 18.6 Å². The number of hydrogen-bond acceptors (Lipinski definition) is 4. The van der Waals surface area contributed by atoms with Gasteiger partial charge in [-0.1, -0.05) is 0 Å². The molecular formula is C18H27N3O3. The molecule has 24 heavy (non-hydrogen) atoms. The van der Waals surface area contributed by atoms with Crippen molar-refractivity contribution in [2.45, 2.75) is 56.8 Å². The first-order valence-corrected chi connectivity index (χ1v) is 9.17. The molecule has 132 valence electrons. The zero-order valence-corrected chi connectivity index (χ0v) is 14.3. The fraction of sp³-hybridized carbons (Fsp3) is 0.722. The summed E-state index contributed by atoms with van der Waals surface area (Å²) in [6, 6.07) is 4.69. The van der Waals surface area contributed by atoms with Gasteiger partial charge in [0.2, 0.25) is 0 Å². The van der Waals surface area contributed by atoms with Crippen LogP contribution in [0.5, 0.6) is 0 Å². The number of nitrogens with zero attached hydrogens (tertiary/aromatic N) is 2. The molecule has 4 rings (SSSR count). The average molecular weight is 333 g/mol. The van der Waals surface area contributed by atoms with Gasteiger partial charge in [0.05, 0.1) is 25.0 Å². The fourth-order valence-electron chi connectivity index (χ4n) is 3.98. The summed E-state index contributed by atoms with van der Waals surface area (Å²) in [7, 11) is 0. The maximum atomic E-state index is 12.7. The van der Waals surface area contributed by atoms with Gasteiger partial charge >= 0.3 is 6.03 Å². The van der Waals surface area contributed by atoms with Crippen LogP contribution in [0.2, 0.25) is 0 Å². The fourth-order valence-corrected chi connectivity index (χ4v) is 3.98. The van der Waals surface area contributed by atoms with Crippen LogP contribution < -0.4 is 5.32 Å². The van der Waals surface area contributed by atoms with Crippen LogP contribution in [0, 0.1) is 0 Å². The van der Waals surface area contributed by atoms with Crippen molar-refractivity contribution in [3.05, 3.63) is 24.2 Å². The molecule has 1 N–H and O–H groups in total. The second-order valence-electron chi connectivity index (χ2n) is 7.26. The number of urea groups is 1. The van der Waals surface area contributed by atoms with E-state index in [9.17, 15) is 4.79 Å². The van der Waals surface area contributed by atoms with Gasteiger partial charge in [0, 0.05) is 25.2 Å². The lowest BCUT2D eigenvalue weighted by Crippen LogP contribution is -2.52. The number of amides is 2. The Hall–Kier alpha value is -1.53. The van der Waals surface area contributed by atoms with Gasteiger partial charge in [-0.25, -0.2) is 4.79 Å². The standard InChI is InChI=1S/C18H27N3O3/c1-13(17-5-3-9-23-17)21(14-6-7-14)18(22)19-10-16-11-20-8-2-4-15(20)12-24-16/h3,5,9,13-16H,2,4,6-8,10-12H2,1H3,(H,19,22)/t13-,15+,16+/m1/s1. The molecule has 2 saturated heterocycles. The highest BCUT2D eigenvalue weighted by molar-refractivity contribution is 5.75. The van der Waals surface area contributed by atoms with E-state index in [-0.39, 0.29) is 18.2 Å². The molecule has 6 heteroatoms. The second kappa shape index (κ2) is 6.76. The van der Waals surface area contributed by atoms with Crippen LogP contribution in [0.4, 0.5) is 4.79 Å². The molecule has 1 aromatic heterocycles. The summed E-state index contributed by atoms with van der Waals surface area (Å²) >= 11 is 0. The van der Waals surface area contributed by atoms with Gasteiger partial charge in [-0.2, -0.15) is 0 Å². The zero-order chi connectivity index (χ0) is 16.5. The highest BCUT2D eigenvalue weighted by atomic mass is 16.5. The predicted molar refractivity (Wildman–Crippen MR) is 89.7 cm³/mol. The molecule has 2 amide bonds. The van der Waals surface area contributed by atoms with Crippen molar-refractivity contribution in [2.75, 3.05) is 26.2 Å². The first kappa shape index (κ1) is 16.0. The van der Waals surface area contributed by atoms with Crippen LogP contribution in [0.15, 0.2) is 22.8 Å². The van der Waals surface area contributed by atoms with E-state index in [4.69, 9.17) is 9.15 Å². The lowest BCUT2D eigenvalue weighted by Gasteiger charge is -2.36. The van der Waals surface area contributed by atoms with Gasteiger partial charge in [-0.05, 0) is 51.3 Å². The highest BCUT2D eigenvalue weighted by Crippen LogP contribution is 2.34. The van der Waals surface area contributed by atoms with E-state index in [1.807, 2.05) is 24.0 Å². The van der Waals surface area contributed by atoms with Crippen molar-refractivity contribution in [1.82, 2.24) is 15.1 Å². The lowest BCUT2D eigenvalue weighted by molar-refractivity contribution is -0.0462. The van der Waals surface area contributed by atoms with Crippen molar-refractivity contribution in [2.24, 2.45) is 0 Å². The minimum atomic E-state index is -0.0391. The molecule has 3 aliphatic rings. The molecule has 1 aromatic rings. The van der Waals surface area contributed by atoms with E-state index in [2.05, 4.69) is 10.2 Å². The Labute approximate surface area is 143 Å². The van der Waals surface area contributed by atoms with Crippen molar-refractivity contribution >= 4 is 6.03 Å². The molecule has 0 spiro atoms. The number of ether oxygens (including phenoxy) is 1. The third-order valence-corrected chi connectivity index (χ3v) is 5.49. The van der Waals surface area contributed by atoms with Gasteiger partial charge in [-0.3, -0.25) is 4.90 Å². The van der Waals surface area contributed by atoms with Crippen LogP contribution in [-0.4, -0.2) is 60.3 Å². The summed E-state index contributed by atoms with van der Waals surface area (Å²) in [5, 5.41) is 3.09. The number of carbonyl (C=O) groups is 1. The molecule has 1 saturated carbocycles. The Morgan fingerprint density at radius 2 is 2.33 bits per heavy atom. The highest BCUT2D eigenvalue weighted by Gasteiger charge is 2.38. The van der Waals surface area contributed by atoms with E-state index in [0.717, 1.165) is 31.8 Å². The SMILES string of the molecule is C[C@H](c1ccco1)N(C(=O)NC[C@H]1CN2CCC[C@H]2CO1)C1CC1. The first-order chi connectivity index (χ1) is 11.7. The maximum Gasteiger partial charge on any atom is 0.318 e. The Bertz CT molecular complexity index is 558. The van der Waals surface area contributed by atoms with Crippen molar-refractivity contribution in [1.29, 1.82) is 0 Å². The molecule has 1 aliphatic carbocycles. The lowest BCUT2D eigenvalue weighted by atomic mass is 10.2. The molecule has 3 atom stereocenters. The van der Waals surface area contributed by atoms with Crippen molar-refractivity contribution < 1.29 is 13.9 Å². The molecule has 3 fully saturated rings. The smallest absolute Gasteiger partial charge is 0.318 e. The molecule has 0 aromatic carbocycles. The van der Waals surface area contributed by atoms with Gasteiger partial charge in [0.15, 0.2) is 0 Å². The van der Waals surface area contributed by atoms with E-state index in [1.165, 1.54) is 19.4 Å². The summed E-state index contributed by atoms with van der Waals surface area (Å²) in [5.41, 5.74) is 0. The van der Waals surface area contributed by atoms with Crippen LogP contribution in [0.1, 0.15) is 44.4 Å². The number of rotatable bonds is 5. The normalized spacial score (nSPS) is 28.4. The Morgan fingerprint density at radius 3 is 3.08 bits per heavy atom. The predicted octanol–water partition coefficient (Wildman–Crippen LogP) is 2.38. The van der Waals surface area contributed by atoms with Crippen LogP contribution >= 0.6 is 0 Å². The number of furan rings is 1. The number of carbonyl (C=O) groups excluding carboxylic acids is 1. The molecule has 2 aliphatic heterocycles. The van der Waals surface area contributed by atoms with E-state index >= 15 is 0 Å². The molecule has 6 nitrogen and oxygen atoms in total. The largest absolute Gasteiger partial charge is 0.467 e. The molecular weight excluding hydrogens is 306 g/mol. The molecule has 0 radical (unpaired) electrons. The second-order valence-corrected chi connectivity index (χ2v) is 7.26. The van der Waals surface area contributed by atoms with Crippen LogP contribution in [0.3, 0.4) is 0 Å². The minimum Gasteiger partial charge on any atom is -0.467 e. The van der Waals surface area contributed by atoms with Crippen molar-refractivity contribution in [3.8, 4) is 0 Å². The monoisotopic (exact) mass is 333 g/mol. The summed E-state index contributed by atoms with van der Waals surface area (Å²) in [4.78, 5) is 17.2. The number of fused-ring (bicyclic) bond motifs is 1. The third kappa shape index (κ3) is 3.30.